The number of carbonyl (C=O) groups is 1. The van der Waals surface area contributed by atoms with Gasteiger partial charge < -0.3 is 15.0 Å². The SMILES string of the molecule is CNCC1CCN(C(=O)C(C)Oc2cccc(Br)c2)C1. The maximum absolute atomic E-state index is 12.4. The van der Waals surface area contributed by atoms with E-state index in [4.69, 9.17) is 4.74 Å². The molecule has 20 heavy (non-hydrogen) atoms. The molecule has 1 heterocycles. The highest BCUT2D eigenvalue weighted by atomic mass is 79.9. The summed E-state index contributed by atoms with van der Waals surface area (Å²) < 4.78 is 6.68. The lowest BCUT2D eigenvalue weighted by Crippen LogP contribution is -2.39. The quantitative estimate of drug-likeness (QED) is 0.894. The van der Waals surface area contributed by atoms with Gasteiger partial charge >= 0.3 is 0 Å². The second kappa shape index (κ2) is 7.09. The first-order valence-electron chi connectivity index (χ1n) is 6.95. The largest absolute Gasteiger partial charge is 0.481 e. The van der Waals surface area contributed by atoms with Gasteiger partial charge in [0.2, 0.25) is 0 Å². The number of halogens is 1. The Labute approximate surface area is 128 Å². The molecule has 1 amide bonds. The van der Waals surface area contributed by atoms with Crippen molar-refractivity contribution in [3.8, 4) is 5.75 Å². The summed E-state index contributed by atoms with van der Waals surface area (Å²) in [6.45, 7) is 4.43. The molecule has 2 unspecified atom stereocenters. The third-order valence-corrected chi connectivity index (χ3v) is 4.04. The van der Waals surface area contributed by atoms with Crippen molar-refractivity contribution in [1.82, 2.24) is 10.2 Å². The first kappa shape index (κ1) is 15.3. The first-order valence-corrected chi connectivity index (χ1v) is 7.75. The molecule has 0 saturated carbocycles. The second-order valence-electron chi connectivity index (χ2n) is 5.21. The Bertz CT molecular complexity index is 467. The van der Waals surface area contributed by atoms with Crippen LogP contribution in [0, 0.1) is 5.92 Å². The average Bonchev–Trinajstić information content (AvgIpc) is 2.87. The van der Waals surface area contributed by atoms with E-state index in [0.29, 0.717) is 11.7 Å². The van der Waals surface area contributed by atoms with Crippen molar-refractivity contribution in [1.29, 1.82) is 0 Å². The van der Waals surface area contributed by atoms with Crippen molar-refractivity contribution >= 4 is 21.8 Å². The number of carbonyl (C=O) groups excluding carboxylic acids is 1. The molecule has 0 spiro atoms. The molecular formula is C15H21BrN2O2. The molecule has 0 bridgehead atoms. The molecule has 0 aromatic heterocycles. The van der Waals surface area contributed by atoms with Crippen LogP contribution in [-0.4, -0.2) is 43.6 Å². The van der Waals surface area contributed by atoms with Gasteiger partial charge in [-0.1, -0.05) is 22.0 Å². The van der Waals surface area contributed by atoms with Crippen LogP contribution >= 0.6 is 15.9 Å². The zero-order valence-electron chi connectivity index (χ0n) is 11.9. The third kappa shape index (κ3) is 3.96. The van der Waals surface area contributed by atoms with Crippen LogP contribution in [-0.2, 0) is 4.79 Å². The molecule has 1 N–H and O–H groups in total. The number of rotatable bonds is 5. The maximum Gasteiger partial charge on any atom is 0.263 e. The van der Waals surface area contributed by atoms with E-state index < -0.39 is 6.10 Å². The van der Waals surface area contributed by atoms with Gasteiger partial charge in [-0.25, -0.2) is 0 Å². The average molecular weight is 341 g/mol. The number of nitrogens with zero attached hydrogens (tertiary/aromatic N) is 1. The Kier molecular flexibility index (Phi) is 5.43. The summed E-state index contributed by atoms with van der Waals surface area (Å²) in [5.41, 5.74) is 0. The van der Waals surface area contributed by atoms with Crippen molar-refractivity contribution in [3.05, 3.63) is 28.7 Å². The lowest BCUT2D eigenvalue weighted by atomic mass is 10.1. The predicted molar refractivity (Wildman–Crippen MR) is 82.8 cm³/mol. The number of likely N-dealkylation sites (tertiary alicyclic amines) is 1. The molecule has 1 saturated heterocycles. The highest BCUT2D eigenvalue weighted by Gasteiger charge is 2.29. The van der Waals surface area contributed by atoms with Crippen molar-refractivity contribution < 1.29 is 9.53 Å². The summed E-state index contributed by atoms with van der Waals surface area (Å²) in [6.07, 6.45) is 0.619. The van der Waals surface area contributed by atoms with E-state index >= 15 is 0 Å². The third-order valence-electron chi connectivity index (χ3n) is 3.55. The predicted octanol–water partition coefficient (Wildman–Crippen LogP) is 2.28. The second-order valence-corrected chi connectivity index (χ2v) is 6.13. The molecular weight excluding hydrogens is 320 g/mol. The van der Waals surface area contributed by atoms with Crippen molar-refractivity contribution in [2.24, 2.45) is 5.92 Å². The van der Waals surface area contributed by atoms with Gasteiger partial charge in [-0.05, 0) is 51.1 Å². The minimum absolute atomic E-state index is 0.0728. The van der Waals surface area contributed by atoms with Crippen molar-refractivity contribution in [3.63, 3.8) is 0 Å². The van der Waals surface area contributed by atoms with Gasteiger partial charge in [-0.3, -0.25) is 4.79 Å². The smallest absolute Gasteiger partial charge is 0.263 e. The molecule has 4 nitrogen and oxygen atoms in total. The van der Waals surface area contributed by atoms with E-state index in [0.717, 1.165) is 30.5 Å². The fourth-order valence-corrected chi connectivity index (χ4v) is 2.92. The Morgan fingerprint density at radius 1 is 1.60 bits per heavy atom. The first-order chi connectivity index (χ1) is 9.60. The zero-order valence-corrected chi connectivity index (χ0v) is 13.5. The minimum atomic E-state index is -0.447. The monoisotopic (exact) mass is 340 g/mol. The Morgan fingerprint density at radius 3 is 3.10 bits per heavy atom. The summed E-state index contributed by atoms with van der Waals surface area (Å²) in [7, 11) is 1.95. The van der Waals surface area contributed by atoms with Crippen LogP contribution in [0.2, 0.25) is 0 Å². The Balaban J connectivity index is 1.89. The van der Waals surface area contributed by atoms with Crippen molar-refractivity contribution in [2.45, 2.75) is 19.4 Å². The van der Waals surface area contributed by atoms with E-state index in [9.17, 15) is 4.79 Å². The number of benzene rings is 1. The standard InChI is InChI=1S/C15H21BrN2O2/c1-11(20-14-5-3-4-13(16)8-14)15(19)18-7-6-12(10-18)9-17-2/h3-5,8,11-12,17H,6-7,9-10H2,1-2H3. The number of hydrogen-bond acceptors (Lipinski definition) is 3. The zero-order chi connectivity index (χ0) is 14.5. The van der Waals surface area contributed by atoms with Crippen LogP contribution in [0.5, 0.6) is 5.75 Å². The van der Waals surface area contributed by atoms with E-state index in [1.165, 1.54) is 0 Å². The summed E-state index contributed by atoms with van der Waals surface area (Å²) >= 11 is 3.40. The number of nitrogens with one attached hydrogen (secondary N) is 1. The molecule has 1 aliphatic heterocycles. The summed E-state index contributed by atoms with van der Waals surface area (Å²) in [4.78, 5) is 14.3. The number of hydrogen-bond donors (Lipinski definition) is 1. The summed E-state index contributed by atoms with van der Waals surface area (Å²) in [5, 5.41) is 3.17. The van der Waals surface area contributed by atoms with Gasteiger partial charge in [-0.2, -0.15) is 0 Å². The van der Waals surface area contributed by atoms with Crippen molar-refractivity contribution in [2.75, 3.05) is 26.7 Å². The van der Waals surface area contributed by atoms with Crippen LogP contribution in [0.15, 0.2) is 28.7 Å². The Hall–Kier alpha value is -1.07. The molecule has 1 aromatic rings. The van der Waals surface area contributed by atoms with Crippen LogP contribution < -0.4 is 10.1 Å². The highest BCUT2D eigenvalue weighted by molar-refractivity contribution is 9.10. The number of amides is 1. The Morgan fingerprint density at radius 2 is 2.40 bits per heavy atom. The van der Waals surface area contributed by atoms with Gasteiger partial charge in [0.05, 0.1) is 0 Å². The molecule has 2 atom stereocenters. The van der Waals surface area contributed by atoms with E-state index in [1.807, 2.05) is 43.1 Å². The van der Waals surface area contributed by atoms with Crippen LogP contribution in [0.1, 0.15) is 13.3 Å². The van der Waals surface area contributed by atoms with Gasteiger partial charge in [0, 0.05) is 17.6 Å². The fourth-order valence-electron chi connectivity index (χ4n) is 2.54. The molecule has 1 aromatic carbocycles. The van der Waals surface area contributed by atoms with Gasteiger partial charge in [0.1, 0.15) is 5.75 Å². The van der Waals surface area contributed by atoms with Gasteiger partial charge in [0.15, 0.2) is 6.10 Å². The van der Waals surface area contributed by atoms with Gasteiger partial charge in [-0.15, -0.1) is 0 Å². The molecule has 1 fully saturated rings. The van der Waals surface area contributed by atoms with E-state index in [2.05, 4.69) is 21.2 Å². The van der Waals surface area contributed by atoms with Crippen LogP contribution in [0.3, 0.4) is 0 Å². The molecule has 2 rings (SSSR count). The lowest BCUT2D eigenvalue weighted by molar-refractivity contribution is -0.137. The fraction of sp³-hybridized carbons (Fsp3) is 0.533. The van der Waals surface area contributed by atoms with E-state index in [1.54, 1.807) is 0 Å². The van der Waals surface area contributed by atoms with Crippen LogP contribution in [0.4, 0.5) is 0 Å². The molecule has 5 heteroatoms. The van der Waals surface area contributed by atoms with Crippen LogP contribution in [0.25, 0.3) is 0 Å². The summed E-state index contributed by atoms with van der Waals surface area (Å²) in [6, 6.07) is 7.57. The normalized spacial score (nSPS) is 19.9. The lowest BCUT2D eigenvalue weighted by Gasteiger charge is -2.22. The molecule has 0 aliphatic carbocycles. The molecule has 0 radical (unpaired) electrons. The highest BCUT2D eigenvalue weighted by Crippen LogP contribution is 2.21. The van der Waals surface area contributed by atoms with E-state index in [-0.39, 0.29) is 5.91 Å². The minimum Gasteiger partial charge on any atom is -0.481 e. The maximum atomic E-state index is 12.4. The topological polar surface area (TPSA) is 41.6 Å². The molecule has 1 aliphatic rings. The van der Waals surface area contributed by atoms with Gasteiger partial charge in [0.25, 0.3) is 5.91 Å². The molecule has 110 valence electrons. The summed E-state index contributed by atoms with van der Waals surface area (Å²) in [5.74, 6) is 1.34. The number of ether oxygens (including phenoxy) is 1.